The van der Waals surface area contributed by atoms with E-state index in [0.29, 0.717) is 36.3 Å². The summed E-state index contributed by atoms with van der Waals surface area (Å²) in [6, 6.07) is 8.40. The van der Waals surface area contributed by atoms with Gasteiger partial charge in [0.15, 0.2) is 5.96 Å². The molecule has 156 valence electrons. The number of hydrogen-bond donors (Lipinski definition) is 2. The molecule has 0 saturated carbocycles. The van der Waals surface area contributed by atoms with E-state index in [1.165, 1.54) is 12.1 Å². The van der Waals surface area contributed by atoms with Crippen molar-refractivity contribution in [3.05, 3.63) is 64.4 Å². The standard InChI is InChI=1S/C20H20ClF3N4.HI/c1-2-25-19(27-13-11-16-7-10-18(21)28-14-16)26-12-3-4-15-5-8-17(9-6-15)20(22,23)24;/h5-10,14H,2,11-13H2,1H3,(H2,25,26,27);1H. The Bertz CT molecular complexity index is 841. The second-order valence-electron chi connectivity index (χ2n) is 5.73. The number of halogens is 5. The Morgan fingerprint density at radius 3 is 2.45 bits per heavy atom. The number of benzene rings is 1. The van der Waals surface area contributed by atoms with E-state index in [-0.39, 0.29) is 24.0 Å². The van der Waals surface area contributed by atoms with Crippen LogP contribution < -0.4 is 10.6 Å². The van der Waals surface area contributed by atoms with Gasteiger partial charge in [0.05, 0.1) is 12.1 Å². The topological polar surface area (TPSA) is 49.3 Å². The lowest BCUT2D eigenvalue weighted by molar-refractivity contribution is -0.137. The fourth-order valence-corrected chi connectivity index (χ4v) is 2.32. The second-order valence-corrected chi connectivity index (χ2v) is 6.12. The number of aromatic nitrogens is 1. The molecule has 1 heterocycles. The van der Waals surface area contributed by atoms with Crippen LogP contribution in [0.5, 0.6) is 0 Å². The van der Waals surface area contributed by atoms with Gasteiger partial charge in [-0.25, -0.2) is 4.98 Å². The van der Waals surface area contributed by atoms with Crippen molar-refractivity contribution in [3.63, 3.8) is 0 Å². The molecule has 0 amide bonds. The van der Waals surface area contributed by atoms with Crippen LogP contribution in [-0.2, 0) is 12.6 Å². The minimum absolute atomic E-state index is 0. The zero-order valence-corrected chi connectivity index (χ0v) is 18.8. The Morgan fingerprint density at radius 1 is 1.14 bits per heavy atom. The number of alkyl halides is 3. The lowest BCUT2D eigenvalue weighted by Gasteiger charge is -2.08. The molecular weight excluding hydrogens is 516 g/mol. The first kappa shape index (κ1) is 25.0. The fourth-order valence-electron chi connectivity index (χ4n) is 2.21. The van der Waals surface area contributed by atoms with Gasteiger partial charge in [0.2, 0.25) is 0 Å². The fraction of sp³-hybridized carbons (Fsp3) is 0.300. The molecule has 1 aromatic carbocycles. The van der Waals surface area contributed by atoms with E-state index >= 15 is 0 Å². The number of nitrogens with zero attached hydrogens (tertiary/aromatic N) is 2. The Kier molecular flexibility index (Phi) is 10.8. The molecule has 0 radical (unpaired) electrons. The van der Waals surface area contributed by atoms with E-state index in [1.807, 2.05) is 13.0 Å². The summed E-state index contributed by atoms with van der Waals surface area (Å²) in [4.78, 5) is 8.48. The minimum Gasteiger partial charge on any atom is -0.357 e. The summed E-state index contributed by atoms with van der Waals surface area (Å²) >= 11 is 5.76. The molecule has 0 saturated heterocycles. The van der Waals surface area contributed by atoms with Crippen LogP contribution in [0, 0.1) is 11.8 Å². The molecule has 2 N–H and O–H groups in total. The smallest absolute Gasteiger partial charge is 0.357 e. The predicted molar refractivity (Wildman–Crippen MR) is 121 cm³/mol. The van der Waals surface area contributed by atoms with Crippen molar-refractivity contribution in [1.29, 1.82) is 0 Å². The van der Waals surface area contributed by atoms with Gasteiger partial charge in [-0.15, -0.1) is 24.0 Å². The molecule has 0 fully saturated rings. The van der Waals surface area contributed by atoms with Crippen molar-refractivity contribution in [3.8, 4) is 11.8 Å². The summed E-state index contributed by atoms with van der Waals surface area (Å²) in [7, 11) is 0. The molecule has 0 spiro atoms. The Hall–Kier alpha value is -1.99. The highest BCUT2D eigenvalue weighted by Gasteiger charge is 2.29. The van der Waals surface area contributed by atoms with Crippen LogP contribution in [0.2, 0.25) is 5.15 Å². The van der Waals surface area contributed by atoms with E-state index in [0.717, 1.165) is 24.1 Å². The van der Waals surface area contributed by atoms with E-state index < -0.39 is 11.7 Å². The van der Waals surface area contributed by atoms with Crippen molar-refractivity contribution < 1.29 is 13.2 Å². The normalized spacial score (nSPS) is 11.1. The van der Waals surface area contributed by atoms with Gasteiger partial charge in [0.25, 0.3) is 0 Å². The highest BCUT2D eigenvalue weighted by Crippen LogP contribution is 2.28. The zero-order chi connectivity index (χ0) is 20.4. The van der Waals surface area contributed by atoms with E-state index in [2.05, 4.69) is 32.5 Å². The maximum atomic E-state index is 12.5. The van der Waals surface area contributed by atoms with Crippen LogP contribution in [0.1, 0.15) is 23.6 Å². The lowest BCUT2D eigenvalue weighted by Crippen LogP contribution is -2.37. The average molecular weight is 537 g/mol. The van der Waals surface area contributed by atoms with Gasteiger partial charge in [-0.3, -0.25) is 4.99 Å². The van der Waals surface area contributed by atoms with Gasteiger partial charge in [0, 0.05) is 24.8 Å². The molecule has 29 heavy (non-hydrogen) atoms. The van der Waals surface area contributed by atoms with Crippen molar-refractivity contribution >= 4 is 41.5 Å². The summed E-state index contributed by atoms with van der Waals surface area (Å²) in [5, 5.41) is 6.63. The zero-order valence-electron chi connectivity index (χ0n) is 15.7. The maximum absolute atomic E-state index is 12.5. The molecule has 4 nitrogen and oxygen atoms in total. The van der Waals surface area contributed by atoms with Crippen molar-refractivity contribution in [2.24, 2.45) is 4.99 Å². The quantitative estimate of drug-likeness (QED) is 0.194. The van der Waals surface area contributed by atoms with E-state index in [4.69, 9.17) is 11.6 Å². The third-order valence-electron chi connectivity index (χ3n) is 3.59. The van der Waals surface area contributed by atoms with Crippen molar-refractivity contribution in [2.75, 3.05) is 19.6 Å². The van der Waals surface area contributed by atoms with Crippen LogP contribution >= 0.6 is 35.6 Å². The number of nitrogens with one attached hydrogen (secondary N) is 2. The Morgan fingerprint density at radius 2 is 1.86 bits per heavy atom. The van der Waals surface area contributed by atoms with Crippen molar-refractivity contribution in [2.45, 2.75) is 19.5 Å². The second kappa shape index (κ2) is 12.5. The molecule has 0 bridgehead atoms. The van der Waals surface area contributed by atoms with Crippen LogP contribution in [0.25, 0.3) is 0 Å². The molecule has 2 rings (SSSR count). The minimum atomic E-state index is -4.34. The van der Waals surface area contributed by atoms with Gasteiger partial charge >= 0.3 is 6.18 Å². The lowest BCUT2D eigenvalue weighted by atomic mass is 10.1. The molecule has 0 aliphatic rings. The number of rotatable bonds is 5. The number of aliphatic imine (C=N–C) groups is 1. The molecule has 9 heteroatoms. The highest BCUT2D eigenvalue weighted by molar-refractivity contribution is 14.0. The SMILES string of the molecule is CCNC(=NCCc1ccc(Cl)nc1)NCC#Cc1ccc(C(F)(F)F)cc1.I. The first-order valence-electron chi connectivity index (χ1n) is 8.67. The maximum Gasteiger partial charge on any atom is 0.416 e. The summed E-state index contributed by atoms with van der Waals surface area (Å²) in [6.07, 6.45) is -1.90. The third-order valence-corrected chi connectivity index (χ3v) is 3.82. The summed E-state index contributed by atoms with van der Waals surface area (Å²) in [5.41, 5.74) is 0.867. The summed E-state index contributed by atoms with van der Waals surface area (Å²) in [6.45, 7) is 3.52. The van der Waals surface area contributed by atoms with E-state index in [1.54, 1.807) is 12.3 Å². The van der Waals surface area contributed by atoms with Gasteiger partial charge in [0.1, 0.15) is 5.15 Å². The first-order valence-corrected chi connectivity index (χ1v) is 9.05. The van der Waals surface area contributed by atoms with Crippen molar-refractivity contribution in [1.82, 2.24) is 15.6 Å². The summed E-state index contributed by atoms with van der Waals surface area (Å²) < 4.78 is 37.6. The molecule has 0 aliphatic heterocycles. The summed E-state index contributed by atoms with van der Waals surface area (Å²) in [5.74, 6) is 6.32. The average Bonchev–Trinajstić information content (AvgIpc) is 2.66. The molecule has 2 aromatic rings. The number of hydrogen-bond acceptors (Lipinski definition) is 2. The largest absolute Gasteiger partial charge is 0.416 e. The number of guanidine groups is 1. The molecule has 1 aromatic heterocycles. The van der Waals surface area contributed by atoms with Gasteiger partial charge < -0.3 is 10.6 Å². The first-order chi connectivity index (χ1) is 13.4. The van der Waals surface area contributed by atoms with Crippen LogP contribution in [0.3, 0.4) is 0 Å². The van der Waals surface area contributed by atoms with Crippen LogP contribution in [-0.4, -0.2) is 30.6 Å². The van der Waals surface area contributed by atoms with Crippen LogP contribution in [0.4, 0.5) is 13.2 Å². The molecular formula is C20H21ClF3IN4. The number of pyridine rings is 1. The predicted octanol–water partition coefficient (Wildman–Crippen LogP) is 4.52. The van der Waals surface area contributed by atoms with Gasteiger partial charge in [-0.05, 0) is 49.2 Å². The molecule has 0 aliphatic carbocycles. The van der Waals surface area contributed by atoms with Crippen LogP contribution in [0.15, 0.2) is 47.6 Å². The molecule has 0 unspecified atom stereocenters. The Balaban J connectivity index is 0.00000420. The highest BCUT2D eigenvalue weighted by atomic mass is 127. The third kappa shape index (κ3) is 9.37. The monoisotopic (exact) mass is 536 g/mol. The molecule has 0 atom stereocenters. The van der Waals surface area contributed by atoms with Gasteiger partial charge in [-0.2, -0.15) is 13.2 Å². The Labute approximate surface area is 190 Å². The van der Waals surface area contributed by atoms with Gasteiger partial charge in [-0.1, -0.05) is 29.5 Å². The van der Waals surface area contributed by atoms with E-state index in [9.17, 15) is 13.2 Å².